The van der Waals surface area contributed by atoms with E-state index in [2.05, 4.69) is 38.0 Å². The average molecular weight is 153 g/mol. The summed E-state index contributed by atoms with van der Waals surface area (Å²) in [4.78, 5) is 2.33. The predicted molar refractivity (Wildman–Crippen MR) is 50.5 cm³/mol. The lowest BCUT2D eigenvalue weighted by atomic mass is 10.3. The van der Waals surface area contributed by atoms with Gasteiger partial charge in [0.15, 0.2) is 0 Å². The lowest BCUT2D eigenvalue weighted by Crippen LogP contribution is -2.22. The van der Waals surface area contributed by atoms with E-state index in [4.69, 9.17) is 0 Å². The summed E-state index contributed by atoms with van der Waals surface area (Å²) in [6.07, 6.45) is 2.39. The Morgan fingerprint density at radius 1 is 1.27 bits per heavy atom. The molecule has 1 nitrogen and oxygen atoms in total. The van der Waals surface area contributed by atoms with Crippen LogP contribution in [0.1, 0.15) is 33.6 Å². The molecule has 11 heavy (non-hydrogen) atoms. The van der Waals surface area contributed by atoms with Gasteiger partial charge >= 0.3 is 0 Å². The van der Waals surface area contributed by atoms with Gasteiger partial charge in [0.1, 0.15) is 0 Å². The summed E-state index contributed by atoms with van der Waals surface area (Å²) in [6.45, 7) is 12.4. The summed E-state index contributed by atoms with van der Waals surface area (Å²) in [5.74, 6) is 0. The third-order valence-corrected chi connectivity index (χ3v) is 1.72. The van der Waals surface area contributed by atoms with Crippen molar-refractivity contribution in [1.29, 1.82) is 0 Å². The zero-order valence-electron chi connectivity index (χ0n) is 7.98. The molecule has 64 valence electrons. The van der Waals surface area contributed by atoms with Crippen LogP contribution in [0.25, 0.3) is 0 Å². The van der Waals surface area contributed by atoms with Gasteiger partial charge in [0.2, 0.25) is 0 Å². The molecule has 0 amide bonds. The molecule has 0 fully saturated rings. The van der Waals surface area contributed by atoms with Crippen molar-refractivity contribution in [2.24, 2.45) is 0 Å². The number of nitrogens with zero attached hydrogens (tertiary/aromatic N) is 1. The Bertz CT molecular complexity index is 137. The van der Waals surface area contributed by atoms with Gasteiger partial charge in [-0.1, -0.05) is 20.4 Å². The maximum Gasteiger partial charge on any atom is 0.0526 e. The number of hydrogen-bond acceptors (Lipinski definition) is 1. The molecule has 0 aromatic heterocycles. The van der Waals surface area contributed by atoms with Gasteiger partial charge in [0.25, 0.3) is 0 Å². The van der Waals surface area contributed by atoms with E-state index in [1.54, 1.807) is 0 Å². The van der Waals surface area contributed by atoms with E-state index in [9.17, 15) is 0 Å². The zero-order valence-corrected chi connectivity index (χ0v) is 7.98. The van der Waals surface area contributed by atoms with Gasteiger partial charge in [-0.05, 0) is 19.8 Å². The fourth-order valence-corrected chi connectivity index (χ4v) is 1.10. The Hall–Kier alpha value is -0.680. The van der Waals surface area contributed by atoms with Crippen LogP contribution >= 0.6 is 0 Å². The highest BCUT2D eigenvalue weighted by Gasteiger charge is 2.00. The van der Waals surface area contributed by atoms with E-state index in [-0.39, 0.29) is 0 Å². The van der Waals surface area contributed by atoms with Crippen molar-refractivity contribution in [1.82, 2.24) is 4.90 Å². The standard InChI is InChI=1S/C10H19N/c1-5-8-11(9-6-2)10(4)7-3/h3,5-6,8-9H2,1-2,4H3. The van der Waals surface area contributed by atoms with E-state index < -0.39 is 0 Å². The molecule has 0 aromatic carbocycles. The maximum atomic E-state index is 3.64. The van der Waals surface area contributed by atoms with Crippen molar-refractivity contribution >= 4 is 0 Å². The second-order valence-corrected chi connectivity index (χ2v) is 2.75. The lowest BCUT2D eigenvalue weighted by molar-refractivity contribution is 0.346. The molecule has 0 aliphatic rings. The van der Waals surface area contributed by atoms with E-state index >= 15 is 0 Å². The summed E-state index contributed by atoms with van der Waals surface area (Å²) >= 11 is 0. The minimum absolute atomic E-state index is 1.13. The Kier molecular flexibility index (Phi) is 5.68. The van der Waals surface area contributed by atoms with E-state index in [0.717, 1.165) is 13.1 Å². The summed E-state index contributed by atoms with van der Waals surface area (Å²) in [7, 11) is 0. The van der Waals surface area contributed by atoms with Crippen molar-refractivity contribution in [3.63, 3.8) is 0 Å². The van der Waals surface area contributed by atoms with Crippen LogP contribution < -0.4 is 0 Å². The second kappa shape index (κ2) is 6.06. The Morgan fingerprint density at radius 3 is 2.00 bits per heavy atom. The number of allylic oxidation sites excluding steroid dienone is 1. The molecule has 0 aromatic rings. The van der Waals surface area contributed by atoms with Crippen molar-refractivity contribution in [2.75, 3.05) is 13.1 Å². The van der Waals surface area contributed by atoms with E-state index in [1.165, 1.54) is 18.5 Å². The van der Waals surface area contributed by atoms with Gasteiger partial charge in [-0.3, -0.25) is 0 Å². The minimum Gasteiger partial charge on any atom is -0.369 e. The van der Waals surface area contributed by atoms with Crippen molar-refractivity contribution in [2.45, 2.75) is 33.6 Å². The molecule has 0 saturated heterocycles. The molecule has 0 aliphatic carbocycles. The monoisotopic (exact) mass is 153 g/mol. The molecular weight excluding hydrogens is 134 g/mol. The first-order valence-corrected chi connectivity index (χ1v) is 4.37. The average Bonchev–Trinajstić information content (AvgIpc) is 2.03. The van der Waals surface area contributed by atoms with Gasteiger partial charge in [-0.15, -0.1) is 5.73 Å². The number of hydrogen-bond donors (Lipinski definition) is 0. The summed E-state index contributed by atoms with van der Waals surface area (Å²) in [5, 5.41) is 0. The quantitative estimate of drug-likeness (QED) is 0.549. The highest BCUT2D eigenvalue weighted by molar-refractivity contribution is 4.93. The molecule has 1 heteroatoms. The van der Waals surface area contributed by atoms with Crippen LogP contribution in [-0.4, -0.2) is 18.0 Å². The molecule has 0 radical (unpaired) electrons. The Labute approximate surface area is 70.4 Å². The van der Waals surface area contributed by atoms with Gasteiger partial charge < -0.3 is 4.90 Å². The second-order valence-electron chi connectivity index (χ2n) is 2.75. The fraction of sp³-hybridized carbons (Fsp3) is 0.700. The van der Waals surface area contributed by atoms with Crippen molar-refractivity contribution < 1.29 is 0 Å². The van der Waals surface area contributed by atoms with Crippen molar-refractivity contribution in [3.8, 4) is 0 Å². The topological polar surface area (TPSA) is 3.24 Å². The Balaban J connectivity index is 3.97. The normalized spacial score (nSPS) is 9.00. The molecule has 0 spiro atoms. The smallest absolute Gasteiger partial charge is 0.0526 e. The zero-order chi connectivity index (χ0) is 8.69. The molecule has 0 aliphatic heterocycles. The van der Waals surface area contributed by atoms with Gasteiger partial charge in [-0.25, -0.2) is 0 Å². The first kappa shape index (κ1) is 10.3. The van der Waals surface area contributed by atoms with E-state index in [0.29, 0.717) is 0 Å². The van der Waals surface area contributed by atoms with Crippen LogP contribution in [0.5, 0.6) is 0 Å². The Morgan fingerprint density at radius 2 is 1.73 bits per heavy atom. The third kappa shape index (κ3) is 3.90. The molecule has 0 saturated carbocycles. The third-order valence-electron chi connectivity index (χ3n) is 1.72. The minimum atomic E-state index is 1.13. The maximum absolute atomic E-state index is 3.64. The van der Waals surface area contributed by atoms with Crippen LogP contribution in [0.2, 0.25) is 0 Å². The van der Waals surface area contributed by atoms with Crippen LogP contribution in [-0.2, 0) is 0 Å². The van der Waals surface area contributed by atoms with Crippen LogP contribution in [0.3, 0.4) is 0 Å². The first-order valence-electron chi connectivity index (χ1n) is 4.37. The molecule has 0 N–H and O–H groups in total. The predicted octanol–water partition coefficient (Wildman–Crippen LogP) is 2.80. The molecule has 0 atom stereocenters. The van der Waals surface area contributed by atoms with Crippen molar-refractivity contribution in [3.05, 3.63) is 18.0 Å². The van der Waals surface area contributed by atoms with Gasteiger partial charge in [0, 0.05) is 13.1 Å². The molecule has 0 bridgehead atoms. The van der Waals surface area contributed by atoms with Crippen LogP contribution in [0.4, 0.5) is 0 Å². The largest absolute Gasteiger partial charge is 0.369 e. The lowest BCUT2D eigenvalue weighted by Gasteiger charge is -2.22. The van der Waals surface area contributed by atoms with Crippen LogP contribution in [0, 0.1) is 0 Å². The van der Waals surface area contributed by atoms with Crippen LogP contribution in [0.15, 0.2) is 18.0 Å². The first-order chi connectivity index (χ1) is 5.26. The van der Waals surface area contributed by atoms with E-state index in [1.807, 2.05) is 0 Å². The SMILES string of the molecule is C=C=C(C)N(CCC)CCC. The summed E-state index contributed by atoms with van der Waals surface area (Å²) in [6, 6.07) is 0. The number of rotatable bonds is 5. The molecule has 0 heterocycles. The summed E-state index contributed by atoms with van der Waals surface area (Å²) in [5.41, 5.74) is 4.10. The summed E-state index contributed by atoms with van der Waals surface area (Å²) < 4.78 is 0. The molecule has 0 rings (SSSR count). The van der Waals surface area contributed by atoms with Gasteiger partial charge in [-0.2, -0.15) is 0 Å². The highest BCUT2D eigenvalue weighted by atomic mass is 15.1. The van der Waals surface area contributed by atoms with Gasteiger partial charge in [0.05, 0.1) is 5.70 Å². The molecular formula is C10H19N. The molecule has 0 unspecified atom stereocenters. The fourth-order valence-electron chi connectivity index (χ4n) is 1.10. The highest BCUT2D eigenvalue weighted by Crippen LogP contribution is 2.02.